The summed E-state index contributed by atoms with van der Waals surface area (Å²) in [5.41, 5.74) is 1.67. The molecule has 0 aliphatic carbocycles. The maximum atomic E-state index is 12.7. The average Bonchev–Trinajstić information content (AvgIpc) is 2.94. The van der Waals surface area contributed by atoms with Gasteiger partial charge in [0.2, 0.25) is 5.91 Å². The Hall–Kier alpha value is -2.21. The predicted octanol–water partition coefficient (Wildman–Crippen LogP) is 2.47. The number of carbonyl (C=O) groups is 2. The second kappa shape index (κ2) is 6.50. The lowest BCUT2D eigenvalue weighted by Gasteiger charge is -2.30. The number of nitrogens with zero attached hydrogens (tertiary/aromatic N) is 2. The van der Waals surface area contributed by atoms with E-state index >= 15 is 0 Å². The smallest absolute Gasteiger partial charge is 0.263 e. The molecular formula is C17H19N3O2S. The monoisotopic (exact) mass is 329 g/mol. The minimum absolute atomic E-state index is 0.00349. The number of amides is 2. The highest BCUT2D eigenvalue weighted by Gasteiger charge is 2.26. The molecule has 5 nitrogen and oxygen atoms in total. The van der Waals surface area contributed by atoms with Crippen LogP contribution in [0.25, 0.3) is 11.3 Å². The van der Waals surface area contributed by atoms with Gasteiger partial charge < -0.3 is 10.2 Å². The van der Waals surface area contributed by atoms with Crippen LogP contribution in [0.1, 0.15) is 27.5 Å². The molecule has 1 aliphatic heterocycles. The fourth-order valence-corrected chi connectivity index (χ4v) is 3.60. The molecule has 1 aromatic heterocycles. The molecule has 1 aromatic carbocycles. The quantitative estimate of drug-likeness (QED) is 0.941. The molecule has 120 valence electrons. The van der Waals surface area contributed by atoms with Crippen LogP contribution in [0.5, 0.6) is 0 Å². The molecule has 1 fully saturated rings. The Morgan fingerprint density at radius 1 is 1.35 bits per heavy atom. The van der Waals surface area contributed by atoms with Crippen molar-refractivity contribution < 1.29 is 9.59 Å². The number of piperidine rings is 1. The van der Waals surface area contributed by atoms with Crippen molar-refractivity contribution in [3.63, 3.8) is 0 Å². The Bertz CT molecular complexity index is 727. The highest BCUT2D eigenvalue weighted by Crippen LogP contribution is 2.28. The van der Waals surface area contributed by atoms with E-state index in [0.717, 1.165) is 16.3 Å². The number of nitrogens with one attached hydrogen (secondary N) is 1. The number of benzene rings is 1. The molecule has 0 saturated carbocycles. The standard InChI is InChI=1S/C17H19N3O2S/c1-11-18-15(12-6-4-3-5-7-12)16(23-11)17(22)19-13-8-9-14(21)20(2)10-13/h3-7,13H,8-10H2,1-2H3,(H,19,22). The Labute approximate surface area is 139 Å². The van der Waals surface area contributed by atoms with Gasteiger partial charge in [-0.3, -0.25) is 9.59 Å². The van der Waals surface area contributed by atoms with E-state index in [-0.39, 0.29) is 17.9 Å². The molecule has 0 radical (unpaired) electrons. The molecule has 2 amide bonds. The summed E-state index contributed by atoms with van der Waals surface area (Å²) in [7, 11) is 1.77. The number of aryl methyl sites for hydroxylation is 1. The van der Waals surface area contributed by atoms with E-state index in [0.29, 0.717) is 24.3 Å². The maximum absolute atomic E-state index is 12.7. The summed E-state index contributed by atoms with van der Waals surface area (Å²) in [6, 6.07) is 9.73. The summed E-state index contributed by atoms with van der Waals surface area (Å²) in [5, 5.41) is 3.91. The second-order valence-corrected chi connectivity index (χ2v) is 6.96. The van der Waals surface area contributed by atoms with Crippen LogP contribution in [-0.4, -0.2) is 41.3 Å². The lowest BCUT2D eigenvalue weighted by atomic mass is 10.1. The highest BCUT2D eigenvalue weighted by atomic mass is 32.1. The molecule has 23 heavy (non-hydrogen) atoms. The van der Waals surface area contributed by atoms with Gasteiger partial charge in [-0.05, 0) is 13.3 Å². The number of likely N-dealkylation sites (N-methyl/N-ethyl adjacent to an activating group) is 1. The van der Waals surface area contributed by atoms with Gasteiger partial charge in [0.05, 0.1) is 10.7 Å². The molecule has 6 heteroatoms. The number of hydrogen-bond acceptors (Lipinski definition) is 4. The van der Waals surface area contributed by atoms with Crippen LogP contribution >= 0.6 is 11.3 Å². The number of aromatic nitrogens is 1. The van der Waals surface area contributed by atoms with Gasteiger partial charge in [-0.15, -0.1) is 11.3 Å². The number of hydrogen-bond donors (Lipinski definition) is 1. The Morgan fingerprint density at radius 2 is 2.09 bits per heavy atom. The Balaban J connectivity index is 1.79. The molecule has 1 atom stereocenters. The lowest BCUT2D eigenvalue weighted by Crippen LogP contribution is -2.48. The first kappa shape index (κ1) is 15.7. The van der Waals surface area contributed by atoms with Crippen molar-refractivity contribution in [2.75, 3.05) is 13.6 Å². The first-order chi connectivity index (χ1) is 11.0. The zero-order chi connectivity index (χ0) is 16.4. The van der Waals surface area contributed by atoms with E-state index in [1.165, 1.54) is 11.3 Å². The summed E-state index contributed by atoms with van der Waals surface area (Å²) >= 11 is 1.40. The maximum Gasteiger partial charge on any atom is 0.263 e. The van der Waals surface area contributed by atoms with Gasteiger partial charge in [-0.2, -0.15) is 0 Å². The van der Waals surface area contributed by atoms with Gasteiger partial charge >= 0.3 is 0 Å². The third-order valence-corrected chi connectivity index (χ3v) is 4.92. The summed E-state index contributed by atoms with van der Waals surface area (Å²) in [6.07, 6.45) is 1.17. The Morgan fingerprint density at radius 3 is 2.78 bits per heavy atom. The van der Waals surface area contributed by atoms with Gasteiger partial charge in [-0.25, -0.2) is 4.98 Å². The normalized spacial score (nSPS) is 18.1. The summed E-state index contributed by atoms with van der Waals surface area (Å²) in [6.45, 7) is 2.46. The van der Waals surface area contributed by atoms with E-state index in [9.17, 15) is 9.59 Å². The van der Waals surface area contributed by atoms with E-state index < -0.39 is 0 Å². The molecule has 1 aliphatic rings. The van der Waals surface area contributed by atoms with Crippen LogP contribution in [0.4, 0.5) is 0 Å². The topological polar surface area (TPSA) is 62.3 Å². The molecule has 1 N–H and O–H groups in total. The summed E-state index contributed by atoms with van der Waals surface area (Å²) in [5.74, 6) is 0.0244. The largest absolute Gasteiger partial charge is 0.347 e. The van der Waals surface area contributed by atoms with Gasteiger partial charge in [-0.1, -0.05) is 30.3 Å². The van der Waals surface area contributed by atoms with E-state index in [1.807, 2.05) is 37.3 Å². The van der Waals surface area contributed by atoms with Crippen molar-refractivity contribution in [3.05, 3.63) is 40.2 Å². The van der Waals surface area contributed by atoms with Crippen molar-refractivity contribution in [3.8, 4) is 11.3 Å². The Kier molecular flexibility index (Phi) is 4.43. The molecule has 2 aromatic rings. The van der Waals surface area contributed by atoms with Gasteiger partial charge in [0.1, 0.15) is 4.88 Å². The lowest BCUT2D eigenvalue weighted by molar-refractivity contribution is -0.132. The average molecular weight is 329 g/mol. The van der Waals surface area contributed by atoms with Crippen LogP contribution in [0.15, 0.2) is 30.3 Å². The molecule has 0 bridgehead atoms. The predicted molar refractivity (Wildman–Crippen MR) is 90.4 cm³/mol. The zero-order valence-electron chi connectivity index (χ0n) is 13.2. The van der Waals surface area contributed by atoms with E-state index in [2.05, 4.69) is 10.3 Å². The van der Waals surface area contributed by atoms with Crippen LogP contribution < -0.4 is 5.32 Å². The van der Waals surface area contributed by atoms with Crippen LogP contribution in [0.2, 0.25) is 0 Å². The van der Waals surface area contributed by atoms with Gasteiger partial charge in [0.25, 0.3) is 5.91 Å². The second-order valence-electron chi connectivity index (χ2n) is 5.76. The first-order valence-electron chi connectivity index (χ1n) is 7.62. The van der Waals surface area contributed by atoms with Gasteiger partial charge in [0.15, 0.2) is 0 Å². The molecule has 1 unspecified atom stereocenters. The summed E-state index contributed by atoms with van der Waals surface area (Å²) < 4.78 is 0. The third-order valence-electron chi connectivity index (χ3n) is 3.95. The molecule has 2 heterocycles. The number of rotatable bonds is 3. The molecule has 0 spiro atoms. The SMILES string of the molecule is Cc1nc(-c2ccccc2)c(C(=O)NC2CCC(=O)N(C)C2)s1. The van der Waals surface area contributed by atoms with E-state index in [1.54, 1.807) is 11.9 Å². The highest BCUT2D eigenvalue weighted by molar-refractivity contribution is 7.14. The number of thiazole rings is 1. The third kappa shape index (κ3) is 3.42. The van der Waals surface area contributed by atoms with Crippen molar-refractivity contribution in [1.82, 2.24) is 15.2 Å². The minimum atomic E-state index is -0.109. The first-order valence-corrected chi connectivity index (χ1v) is 8.44. The van der Waals surface area contributed by atoms with Crippen molar-refractivity contribution in [2.24, 2.45) is 0 Å². The van der Waals surface area contributed by atoms with E-state index in [4.69, 9.17) is 0 Å². The number of carbonyl (C=O) groups excluding carboxylic acids is 2. The summed E-state index contributed by atoms with van der Waals surface area (Å²) in [4.78, 5) is 31.0. The van der Waals surface area contributed by atoms with Crippen molar-refractivity contribution in [1.29, 1.82) is 0 Å². The van der Waals surface area contributed by atoms with Crippen molar-refractivity contribution >= 4 is 23.2 Å². The minimum Gasteiger partial charge on any atom is -0.347 e. The van der Waals surface area contributed by atoms with Gasteiger partial charge in [0, 0.05) is 31.6 Å². The molecule has 3 rings (SSSR count). The molecule has 1 saturated heterocycles. The molecular weight excluding hydrogens is 310 g/mol. The van der Waals surface area contributed by atoms with Crippen LogP contribution in [-0.2, 0) is 4.79 Å². The van der Waals surface area contributed by atoms with Crippen LogP contribution in [0.3, 0.4) is 0 Å². The fourth-order valence-electron chi connectivity index (χ4n) is 2.75. The van der Waals surface area contributed by atoms with Crippen LogP contribution in [0, 0.1) is 6.92 Å². The zero-order valence-corrected chi connectivity index (χ0v) is 14.0. The number of likely N-dealkylation sites (tertiary alicyclic amines) is 1. The van der Waals surface area contributed by atoms with Crippen molar-refractivity contribution in [2.45, 2.75) is 25.8 Å². The fraction of sp³-hybridized carbons (Fsp3) is 0.353.